The largest absolute Gasteiger partial charge is 0.484 e. The lowest BCUT2D eigenvalue weighted by Gasteiger charge is -2.29. The number of thiazole rings is 1. The van der Waals surface area contributed by atoms with Crippen molar-refractivity contribution in [2.75, 3.05) is 16.8 Å². The maximum Gasteiger partial charge on any atom is 0.305 e. The Morgan fingerprint density at radius 1 is 0.857 bits per heavy atom. The molecule has 10 heteroatoms. The van der Waals surface area contributed by atoms with Gasteiger partial charge in [-0.2, -0.15) is 0 Å². The molecule has 0 radical (unpaired) electrons. The summed E-state index contributed by atoms with van der Waals surface area (Å²) in [7, 11) is 0. The molecule has 4 aromatic carbocycles. The zero-order chi connectivity index (χ0) is 28.8. The van der Waals surface area contributed by atoms with Crippen LogP contribution in [-0.2, 0) is 14.4 Å². The van der Waals surface area contributed by atoms with Gasteiger partial charge in [-0.15, -0.1) is 0 Å². The summed E-state index contributed by atoms with van der Waals surface area (Å²) >= 11 is 2.31. The van der Waals surface area contributed by atoms with Crippen molar-refractivity contribution >= 4 is 63.0 Å². The summed E-state index contributed by atoms with van der Waals surface area (Å²) in [5.41, 5.74) is 2.00. The maximum atomic E-state index is 13.8. The number of H-pyrrole nitrogens is 1. The molecule has 3 heterocycles. The lowest BCUT2D eigenvalue weighted by atomic mass is 9.83. The van der Waals surface area contributed by atoms with Crippen LogP contribution in [0.15, 0.2) is 107 Å². The molecule has 0 bridgehead atoms. The van der Waals surface area contributed by atoms with Crippen LogP contribution in [0.1, 0.15) is 16.4 Å². The highest BCUT2D eigenvalue weighted by molar-refractivity contribution is 8.00. The van der Waals surface area contributed by atoms with Crippen molar-refractivity contribution in [1.82, 2.24) is 4.98 Å². The monoisotopic (exact) mass is 593 g/mol. The van der Waals surface area contributed by atoms with Crippen LogP contribution in [0.25, 0.3) is 10.8 Å². The predicted octanol–water partition coefficient (Wildman–Crippen LogP) is 5.40. The van der Waals surface area contributed by atoms with Gasteiger partial charge in [0.2, 0.25) is 11.8 Å². The molecule has 2 aliphatic heterocycles. The number of aromatic nitrogens is 1. The molecule has 2 aliphatic rings. The molecule has 208 valence electrons. The van der Waals surface area contributed by atoms with Gasteiger partial charge in [-0.25, -0.2) is 4.90 Å². The summed E-state index contributed by atoms with van der Waals surface area (Å²) in [5, 5.41) is 4.94. The minimum absolute atomic E-state index is 0.181. The van der Waals surface area contributed by atoms with Gasteiger partial charge in [-0.05, 0) is 52.7 Å². The molecule has 1 aromatic heterocycles. The highest BCUT2D eigenvalue weighted by atomic mass is 32.2. The first-order chi connectivity index (χ1) is 20.5. The second-order valence-electron chi connectivity index (χ2n) is 10.1. The number of benzene rings is 4. The number of amides is 3. The first kappa shape index (κ1) is 26.2. The SMILES string of the molecule is O=C(COc1ccc([C@H]2c3sc(=O)[nH]c3SC3C(=O)N(c4ccccc4)C(=O)C32)cc1)Nc1ccc2ccccc2c1. The predicted molar refractivity (Wildman–Crippen MR) is 163 cm³/mol. The Bertz CT molecular complexity index is 1900. The molecule has 2 unspecified atom stereocenters. The number of rotatable bonds is 6. The Labute approximate surface area is 248 Å². The standard InChI is InChI=1S/C32H23N3O5S2/c36-24(33-21-13-10-18-6-4-5-7-20(18)16-21)17-40-23-14-11-19(12-15-23)25-26-28(41-29-27(25)42-32(39)34-29)31(38)35(30(26)37)22-8-2-1-3-9-22/h1-16,25-26,28H,17H2,(H,33,36)(H,34,39)/t25-,26?,28?/m1/s1. The molecule has 7 rings (SSSR count). The van der Waals surface area contributed by atoms with Crippen molar-refractivity contribution in [1.29, 1.82) is 0 Å². The normalized spacial score (nSPS) is 19.4. The van der Waals surface area contributed by atoms with E-state index in [1.54, 1.807) is 36.4 Å². The van der Waals surface area contributed by atoms with E-state index in [1.165, 1.54) is 16.7 Å². The number of nitrogens with zero attached hydrogens (tertiary/aromatic N) is 1. The Morgan fingerprint density at radius 2 is 1.60 bits per heavy atom. The molecular formula is C32H23N3O5S2. The van der Waals surface area contributed by atoms with Crippen molar-refractivity contribution in [3.05, 3.63) is 117 Å². The minimum atomic E-state index is -0.666. The molecule has 8 nitrogen and oxygen atoms in total. The third kappa shape index (κ3) is 4.68. The molecular weight excluding hydrogens is 571 g/mol. The Hall–Kier alpha value is -4.67. The average Bonchev–Trinajstić information content (AvgIpc) is 3.50. The van der Waals surface area contributed by atoms with E-state index in [9.17, 15) is 19.2 Å². The van der Waals surface area contributed by atoms with Crippen molar-refractivity contribution in [3.8, 4) is 5.75 Å². The maximum absolute atomic E-state index is 13.8. The van der Waals surface area contributed by atoms with Gasteiger partial charge in [0.15, 0.2) is 6.61 Å². The summed E-state index contributed by atoms with van der Waals surface area (Å²) in [4.78, 5) is 56.7. The number of carbonyl (C=O) groups is 3. The van der Waals surface area contributed by atoms with Gasteiger partial charge in [0, 0.05) is 16.5 Å². The van der Waals surface area contributed by atoms with Gasteiger partial charge in [0.1, 0.15) is 11.0 Å². The van der Waals surface area contributed by atoms with Gasteiger partial charge in [0.25, 0.3) is 5.91 Å². The molecule has 0 saturated carbocycles. The quantitative estimate of drug-likeness (QED) is 0.255. The molecule has 42 heavy (non-hydrogen) atoms. The summed E-state index contributed by atoms with van der Waals surface area (Å²) < 4.78 is 5.74. The highest BCUT2D eigenvalue weighted by Crippen LogP contribution is 2.53. The zero-order valence-electron chi connectivity index (χ0n) is 22.0. The van der Waals surface area contributed by atoms with Crippen LogP contribution in [0, 0.1) is 5.92 Å². The molecule has 5 aromatic rings. The van der Waals surface area contributed by atoms with Gasteiger partial charge in [-0.1, -0.05) is 83.8 Å². The molecule has 2 N–H and O–H groups in total. The Kier molecular flexibility index (Phi) is 6.64. The topological polar surface area (TPSA) is 109 Å². The number of para-hydroxylation sites is 1. The molecule has 3 atom stereocenters. The van der Waals surface area contributed by atoms with E-state index in [4.69, 9.17) is 4.74 Å². The number of hydrogen-bond acceptors (Lipinski definition) is 7. The number of nitrogens with one attached hydrogen (secondary N) is 2. The van der Waals surface area contributed by atoms with E-state index < -0.39 is 17.1 Å². The molecule has 3 amide bonds. The number of anilines is 2. The van der Waals surface area contributed by atoms with E-state index in [0.717, 1.165) is 32.5 Å². The van der Waals surface area contributed by atoms with Gasteiger partial charge < -0.3 is 15.0 Å². The van der Waals surface area contributed by atoms with Crippen LogP contribution in [-0.4, -0.2) is 34.6 Å². The Morgan fingerprint density at radius 3 is 2.38 bits per heavy atom. The van der Waals surface area contributed by atoms with Crippen LogP contribution in [0.3, 0.4) is 0 Å². The van der Waals surface area contributed by atoms with Crippen LogP contribution < -0.4 is 19.8 Å². The number of hydrogen-bond donors (Lipinski definition) is 2. The van der Waals surface area contributed by atoms with Gasteiger partial charge >= 0.3 is 4.87 Å². The number of carbonyl (C=O) groups excluding carboxylic acids is 3. The van der Waals surface area contributed by atoms with E-state index in [2.05, 4.69) is 10.3 Å². The van der Waals surface area contributed by atoms with Crippen molar-refractivity contribution in [3.63, 3.8) is 0 Å². The van der Waals surface area contributed by atoms with Gasteiger partial charge in [0.05, 0.1) is 16.6 Å². The lowest BCUT2D eigenvalue weighted by molar-refractivity contribution is -0.122. The van der Waals surface area contributed by atoms with Crippen molar-refractivity contribution in [2.24, 2.45) is 5.92 Å². The third-order valence-corrected chi connectivity index (χ3v) is 9.88. The first-order valence-electron chi connectivity index (χ1n) is 13.3. The van der Waals surface area contributed by atoms with Crippen LogP contribution >= 0.6 is 23.1 Å². The summed E-state index contributed by atoms with van der Waals surface area (Å²) in [5.74, 6) is -1.53. The summed E-state index contributed by atoms with van der Waals surface area (Å²) in [6.45, 7) is -0.181. The molecule has 0 aliphatic carbocycles. The fourth-order valence-corrected chi connectivity index (χ4v) is 8.11. The van der Waals surface area contributed by atoms with E-state index in [0.29, 0.717) is 22.2 Å². The second-order valence-corrected chi connectivity index (χ2v) is 12.2. The molecule has 1 saturated heterocycles. The fraction of sp³-hybridized carbons (Fsp3) is 0.125. The van der Waals surface area contributed by atoms with E-state index >= 15 is 0 Å². The third-order valence-electron chi connectivity index (χ3n) is 7.48. The molecule has 0 spiro atoms. The second kappa shape index (κ2) is 10.6. The van der Waals surface area contributed by atoms with E-state index in [1.807, 2.05) is 60.7 Å². The number of ether oxygens (including phenoxy) is 1. The average molecular weight is 594 g/mol. The van der Waals surface area contributed by atoms with E-state index in [-0.39, 0.29) is 29.2 Å². The highest BCUT2D eigenvalue weighted by Gasteiger charge is 2.56. The summed E-state index contributed by atoms with van der Waals surface area (Å²) in [6, 6.07) is 29.6. The number of thioether (sulfide) groups is 1. The first-order valence-corrected chi connectivity index (χ1v) is 15.0. The zero-order valence-corrected chi connectivity index (χ0v) is 23.6. The number of fused-ring (bicyclic) bond motifs is 3. The molecule has 1 fully saturated rings. The Balaban J connectivity index is 1.10. The van der Waals surface area contributed by atoms with Crippen LogP contribution in [0.4, 0.5) is 11.4 Å². The van der Waals surface area contributed by atoms with Crippen molar-refractivity contribution < 1.29 is 19.1 Å². The smallest absolute Gasteiger partial charge is 0.305 e. The minimum Gasteiger partial charge on any atom is -0.484 e. The van der Waals surface area contributed by atoms with Gasteiger partial charge in [-0.3, -0.25) is 19.2 Å². The fourth-order valence-electron chi connectivity index (χ4n) is 5.59. The van der Waals surface area contributed by atoms with Crippen molar-refractivity contribution in [2.45, 2.75) is 16.2 Å². The van der Waals surface area contributed by atoms with Crippen LogP contribution in [0.5, 0.6) is 5.75 Å². The number of imide groups is 1. The van der Waals surface area contributed by atoms with Crippen LogP contribution in [0.2, 0.25) is 0 Å². The summed E-state index contributed by atoms with van der Waals surface area (Å²) in [6.07, 6.45) is 0. The number of aromatic amines is 1. The lowest BCUT2D eigenvalue weighted by Crippen LogP contribution is -2.32.